The van der Waals surface area contributed by atoms with Crippen LogP contribution in [0.5, 0.6) is 5.75 Å². The molecule has 20 heavy (non-hydrogen) atoms. The van der Waals surface area contributed by atoms with Crippen molar-refractivity contribution in [3.8, 4) is 5.75 Å². The Morgan fingerprint density at radius 2 is 2.20 bits per heavy atom. The Morgan fingerprint density at radius 1 is 1.40 bits per heavy atom. The smallest absolute Gasteiger partial charge is 0.237 e. The van der Waals surface area contributed by atoms with Crippen LogP contribution in [0.25, 0.3) is 0 Å². The highest BCUT2D eigenvalue weighted by atomic mass is 35.5. The van der Waals surface area contributed by atoms with Crippen LogP contribution in [0.1, 0.15) is 35.6 Å². The molecule has 3 rings (SSSR count). The summed E-state index contributed by atoms with van der Waals surface area (Å²) in [5.74, 6) is 1.04. The fourth-order valence-corrected chi connectivity index (χ4v) is 2.83. The Bertz CT molecular complexity index is 513. The maximum Gasteiger partial charge on any atom is 0.237 e. The van der Waals surface area contributed by atoms with Gasteiger partial charge in [0.2, 0.25) is 5.91 Å². The lowest BCUT2D eigenvalue weighted by atomic mass is 10.0. The van der Waals surface area contributed by atoms with Gasteiger partial charge in [0.25, 0.3) is 0 Å². The third kappa shape index (κ3) is 2.63. The zero-order valence-electron chi connectivity index (χ0n) is 11.9. The third-order valence-electron chi connectivity index (χ3n) is 4.17. The van der Waals surface area contributed by atoms with Crippen LogP contribution in [0.3, 0.4) is 0 Å². The number of rotatable bonds is 2. The number of carbonyl (C=O) groups is 1. The van der Waals surface area contributed by atoms with Gasteiger partial charge < -0.3 is 15.4 Å². The Labute approximate surface area is 125 Å². The van der Waals surface area contributed by atoms with Crippen molar-refractivity contribution in [2.75, 3.05) is 13.2 Å². The summed E-state index contributed by atoms with van der Waals surface area (Å²) in [6.07, 6.45) is 2.01. The monoisotopic (exact) mass is 296 g/mol. The van der Waals surface area contributed by atoms with Gasteiger partial charge in [0, 0.05) is 5.56 Å². The lowest BCUT2D eigenvalue weighted by Crippen LogP contribution is -2.42. The Balaban J connectivity index is 0.00000147. The quantitative estimate of drug-likeness (QED) is 0.878. The molecule has 1 aromatic rings. The van der Waals surface area contributed by atoms with Crippen LogP contribution in [0.4, 0.5) is 0 Å². The molecule has 110 valence electrons. The van der Waals surface area contributed by atoms with Crippen molar-refractivity contribution in [3.63, 3.8) is 0 Å². The van der Waals surface area contributed by atoms with E-state index in [0.717, 1.165) is 30.7 Å². The summed E-state index contributed by atoms with van der Waals surface area (Å²) >= 11 is 0. The zero-order chi connectivity index (χ0) is 13.4. The number of nitrogens with one attached hydrogen (secondary N) is 2. The number of benzene rings is 1. The van der Waals surface area contributed by atoms with Crippen molar-refractivity contribution >= 4 is 18.3 Å². The molecule has 1 saturated heterocycles. The molecule has 2 N–H and O–H groups in total. The molecule has 2 aliphatic heterocycles. The lowest BCUT2D eigenvalue weighted by Gasteiger charge is -2.16. The summed E-state index contributed by atoms with van der Waals surface area (Å²) in [6.45, 7) is 5.62. The van der Waals surface area contributed by atoms with Crippen molar-refractivity contribution in [2.45, 2.75) is 38.8 Å². The number of aryl methyl sites for hydroxylation is 1. The molecule has 2 atom stereocenters. The highest BCUT2D eigenvalue weighted by molar-refractivity contribution is 5.85. The van der Waals surface area contributed by atoms with Crippen molar-refractivity contribution < 1.29 is 9.53 Å². The minimum atomic E-state index is -0.0319. The fourth-order valence-electron chi connectivity index (χ4n) is 2.83. The maximum absolute atomic E-state index is 12.1. The molecule has 5 heteroatoms. The van der Waals surface area contributed by atoms with Crippen LogP contribution < -0.4 is 15.4 Å². The standard InChI is InChI=1S/C15H20N2O2.ClH/c1-9-5-6-11-13(8-19-14(11)10(9)2)17-15(18)12-4-3-7-16-12;/h5-6,12-13,16H,3-4,7-8H2,1-2H3,(H,17,18);1H. The maximum atomic E-state index is 12.1. The van der Waals surface area contributed by atoms with Crippen LogP contribution in [0.2, 0.25) is 0 Å². The average Bonchev–Trinajstić information content (AvgIpc) is 3.04. The van der Waals surface area contributed by atoms with Gasteiger partial charge in [-0.3, -0.25) is 4.79 Å². The molecular weight excluding hydrogens is 276 g/mol. The van der Waals surface area contributed by atoms with E-state index in [4.69, 9.17) is 4.74 Å². The predicted octanol–water partition coefficient (Wildman–Crippen LogP) is 2.03. The van der Waals surface area contributed by atoms with E-state index >= 15 is 0 Å². The summed E-state index contributed by atoms with van der Waals surface area (Å²) in [6, 6.07) is 4.12. The first-order chi connectivity index (χ1) is 9.16. The average molecular weight is 297 g/mol. The molecular formula is C15H21ClN2O2. The number of fused-ring (bicyclic) bond motifs is 1. The van der Waals surface area contributed by atoms with Gasteiger partial charge in [-0.2, -0.15) is 0 Å². The van der Waals surface area contributed by atoms with E-state index in [-0.39, 0.29) is 30.4 Å². The van der Waals surface area contributed by atoms with Crippen LogP contribution in [0, 0.1) is 13.8 Å². The molecule has 0 aromatic heterocycles. The van der Waals surface area contributed by atoms with Crippen molar-refractivity contribution in [1.29, 1.82) is 0 Å². The van der Waals surface area contributed by atoms with Gasteiger partial charge in [0.1, 0.15) is 12.4 Å². The van der Waals surface area contributed by atoms with Gasteiger partial charge in [-0.05, 0) is 44.4 Å². The topological polar surface area (TPSA) is 50.4 Å². The van der Waals surface area contributed by atoms with E-state index in [9.17, 15) is 4.79 Å². The molecule has 1 fully saturated rings. The van der Waals surface area contributed by atoms with Crippen LogP contribution in [-0.4, -0.2) is 25.1 Å². The van der Waals surface area contributed by atoms with E-state index in [1.54, 1.807) is 0 Å². The molecule has 0 radical (unpaired) electrons. The highest BCUT2D eigenvalue weighted by Gasteiger charge is 2.30. The SMILES string of the molecule is Cc1ccc2c(c1C)OCC2NC(=O)C1CCCN1.Cl. The van der Waals surface area contributed by atoms with Crippen molar-refractivity contribution in [3.05, 3.63) is 28.8 Å². The Morgan fingerprint density at radius 3 is 2.90 bits per heavy atom. The number of ether oxygens (including phenoxy) is 1. The molecule has 2 unspecified atom stereocenters. The van der Waals surface area contributed by atoms with Gasteiger partial charge >= 0.3 is 0 Å². The van der Waals surface area contributed by atoms with E-state index in [0.29, 0.717) is 6.61 Å². The minimum Gasteiger partial charge on any atom is -0.490 e. The summed E-state index contributed by atoms with van der Waals surface area (Å²) in [5, 5.41) is 6.32. The Hall–Kier alpha value is -1.26. The Kier molecular flexibility index (Phi) is 4.55. The summed E-state index contributed by atoms with van der Waals surface area (Å²) in [4.78, 5) is 12.1. The molecule has 0 bridgehead atoms. The summed E-state index contributed by atoms with van der Waals surface area (Å²) in [7, 11) is 0. The van der Waals surface area contributed by atoms with Crippen molar-refractivity contribution in [1.82, 2.24) is 10.6 Å². The molecule has 0 aliphatic carbocycles. The fraction of sp³-hybridized carbons (Fsp3) is 0.533. The number of halogens is 1. The normalized spacial score (nSPS) is 23.7. The number of hydrogen-bond donors (Lipinski definition) is 2. The summed E-state index contributed by atoms with van der Waals surface area (Å²) in [5.41, 5.74) is 3.51. The molecule has 1 amide bonds. The molecule has 4 nitrogen and oxygen atoms in total. The molecule has 0 saturated carbocycles. The van der Waals surface area contributed by atoms with Gasteiger partial charge in [0.15, 0.2) is 0 Å². The molecule has 2 aliphatic rings. The first-order valence-corrected chi connectivity index (χ1v) is 6.93. The lowest BCUT2D eigenvalue weighted by molar-refractivity contribution is -0.123. The predicted molar refractivity (Wildman–Crippen MR) is 80.6 cm³/mol. The molecule has 0 spiro atoms. The van der Waals surface area contributed by atoms with E-state index < -0.39 is 0 Å². The second-order valence-corrected chi connectivity index (χ2v) is 5.45. The van der Waals surface area contributed by atoms with Crippen LogP contribution in [0.15, 0.2) is 12.1 Å². The first-order valence-electron chi connectivity index (χ1n) is 6.93. The van der Waals surface area contributed by atoms with Gasteiger partial charge in [0.05, 0.1) is 12.1 Å². The van der Waals surface area contributed by atoms with Crippen molar-refractivity contribution in [2.24, 2.45) is 0 Å². The third-order valence-corrected chi connectivity index (χ3v) is 4.17. The largest absolute Gasteiger partial charge is 0.490 e. The van der Waals surface area contributed by atoms with Gasteiger partial charge in [-0.1, -0.05) is 12.1 Å². The first kappa shape index (κ1) is 15.1. The van der Waals surface area contributed by atoms with Gasteiger partial charge in [-0.25, -0.2) is 0 Å². The number of hydrogen-bond acceptors (Lipinski definition) is 3. The van der Waals surface area contributed by atoms with E-state index in [1.807, 2.05) is 0 Å². The molecule has 2 heterocycles. The zero-order valence-corrected chi connectivity index (χ0v) is 12.7. The second kappa shape index (κ2) is 6.02. The van der Waals surface area contributed by atoms with Crippen LogP contribution in [-0.2, 0) is 4.79 Å². The number of carbonyl (C=O) groups excluding carboxylic acids is 1. The minimum absolute atomic E-state index is 0. The van der Waals surface area contributed by atoms with Crippen LogP contribution >= 0.6 is 12.4 Å². The van der Waals surface area contributed by atoms with Gasteiger partial charge in [-0.15, -0.1) is 12.4 Å². The number of amides is 1. The van der Waals surface area contributed by atoms with E-state index in [2.05, 4.69) is 36.6 Å². The molecule has 1 aromatic carbocycles. The van der Waals surface area contributed by atoms with E-state index in [1.165, 1.54) is 11.1 Å². The second-order valence-electron chi connectivity index (χ2n) is 5.45. The highest BCUT2D eigenvalue weighted by Crippen LogP contribution is 2.36. The summed E-state index contributed by atoms with van der Waals surface area (Å²) < 4.78 is 5.75.